The Morgan fingerprint density at radius 2 is 0.605 bits per heavy atom. The molecule has 0 radical (unpaired) electrons. The first-order chi connectivity index (χ1) is 21.4. The molecule has 0 aliphatic carbocycles. The Hall–Kier alpha value is -0.790. The van der Waals surface area contributed by atoms with Gasteiger partial charge in [0, 0.05) is 0 Å². The van der Waals surface area contributed by atoms with Crippen LogP contribution in [0.15, 0.2) is 9.98 Å². The quantitative estimate of drug-likeness (QED) is 0.0505. The molecule has 0 N–H and O–H groups in total. The van der Waals surface area contributed by atoms with E-state index in [1.165, 1.54) is 218 Å². The van der Waals surface area contributed by atoms with Gasteiger partial charge in [0.2, 0.25) is 6.17 Å². The topological polar surface area (TPSA) is 24.7 Å². The molecule has 0 saturated heterocycles. The van der Waals surface area contributed by atoms with Crippen molar-refractivity contribution in [1.29, 1.82) is 0 Å². The highest BCUT2D eigenvalue weighted by Gasteiger charge is 2.16. The van der Waals surface area contributed by atoms with Crippen molar-refractivity contribution in [2.45, 2.75) is 239 Å². The van der Waals surface area contributed by atoms with Crippen LogP contribution in [-0.4, -0.2) is 12.4 Å². The van der Waals surface area contributed by atoms with Gasteiger partial charge in [0.1, 0.15) is 0 Å². The lowest BCUT2D eigenvalue weighted by Gasteiger charge is -2.17. The van der Waals surface area contributed by atoms with Crippen molar-refractivity contribution in [2.24, 2.45) is 15.9 Å². The molecule has 0 spiro atoms. The van der Waals surface area contributed by atoms with E-state index < -0.39 is 0 Å². The second-order valence-corrected chi connectivity index (χ2v) is 14.2. The van der Waals surface area contributed by atoms with Crippen LogP contribution in [0, 0.1) is 12.1 Å². The third-order valence-electron chi connectivity index (χ3n) is 9.96. The molecule has 252 valence electrons. The molecule has 2 heteroatoms. The fraction of sp³-hybridized carbons (Fsp3) is 0.927. The van der Waals surface area contributed by atoms with E-state index in [0.717, 1.165) is 18.5 Å². The Labute approximate surface area is 272 Å². The molecule has 1 heterocycles. The van der Waals surface area contributed by atoms with E-state index in [1.807, 2.05) is 12.4 Å². The second kappa shape index (κ2) is 34.1. The summed E-state index contributed by atoms with van der Waals surface area (Å²) in [6, 6.07) is 0. The minimum absolute atomic E-state index is 0.958. The van der Waals surface area contributed by atoms with Crippen LogP contribution in [0.3, 0.4) is 0 Å². The van der Waals surface area contributed by atoms with Gasteiger partial charge in [-0.1, -0.05) is 236 Å². The Kier molecular flexibility index (Phi) is 31.9. The highest BCUT2D eigenvalue weighted by atomic mass is 15.0. The normalized spacial score (nSPS) is 13.5. The van der Waals surface area contributed by atoms with Gasteiger partial charge in [-0.05, 0) is 12.3 Å². The number of nitrogens with zero attached hydrogens (tertiary/aromatic N) is 2. The van der Waals surface area contributed by atoms with Crippen molar-refractivity contribution < 1.29 is 0 Å². The Morgan fingerprint density at radius 1 is 0.349 bits per heavy atom. The minimum Gasteiger partial charge on any atom is -0.0968 e. The highest BCUT2D eigenvalue weighted by Crippen LogP contribution is 2.26. The van der Waals surface area contributed by atoms with E-state index in [-0.39, 0.29) is 0 Å². The summed E-state index contributed by atoms with van der Waals surface area (Å²) in [5, 5.41) is 0. The van der Waals surface area contributed by atoms with Crippen molar-refractivity contribution in [1.82, 2.24) is 0 Å². The van der Waals surface area contributed by atoms with Crippen molar-refractivity contribution in [2.75, 3.05) is 0 Å². The molecule has 0 amide bonds. The van der Waals surface area contributed by atoms with Crippen LogP contribution in [0.5, 0.6) is 0 Å². The predicted molar refractivity (Wildman–Crippen MR) is 197 cm³/mol. The molecule has 1 aliphatic heterocycles. The molecule has 0 bridgehead atoms. The number of aliphatic imine (C=N–C) groups is 2. The number of rotatable bonds is 36. The first kappa shape index (κ1) is 40.2. The minimum atomic E-state index is 0.958. The van der Waals surface area contributed by atoms with Crippen molar-refractivity contribution in [3.05, 3.63) is 6.17 Å². The molecule has 2 nitrogen and oxygen atoms in total. The monoisotopic (exact) mass is 600 g/mol. The Morgan fingerprint density at radius 3 is 0.907 bits per heavy atom. The molecule has 1 rings (SSSR count). The predicted octanol–water partition coefficient (Wildman–Crippen LogP) is 14.9. The fourth-order valence-corrected chi connectivity index (χ4v) is 6.98. The highest BCUT2D eigenvalue weighted by molar-refractivity contribution is 6.18. The molecular formula is C41H79N2+. The van der Waals surface area contributed by atoms with Gasteiger partial charge in [0.25, 0.3) is 0 Å². The Balaban J connectivity index is 2.01. The molecule has 43 heavy (non-hydrogen) atoms. The number of unbranched alkanes of at least 4 members (excludes halogenated alkanes) is 28. The van der Waals surface area contributed by atoms with Gasteiger partial charge in [-0.3, -0.25) is 0 Å². The average molecular weight is 600 g/mol. The molecule has 1 atom stereocenters. The first-order valence-corrected chi connectivity index (χ1v) is 20.3. The maximum atomic E-state index is 4.36. The summed E-state index contributed by atoms with van der Waals surface area (Å²) in [5.74, 6) is 0.958. The summed E-state index contributed by atoms with van der Waals surface area (Å²) in [5.41, 5.74) is 0. The van der Waals surface area contributed by atoms with Crippen LogP contribution in [0.25, 0.3) is 0 Å². The molecule has 0 saturated carbocycles. The van der Waals surface area contributed by atoms with E-state index in [2.05, 4.69) is 23.8 Å². The number of hydrogen-bond donors (Lipinski definition) is 0. The first-order valence-electron chi connectivity index (χ1n) is 20.3. The summed E-state index contributed by atoms with van der Waals surface area (Å²) in [6.07, 6.45) is 55.2. The SMILES string of the molecule is CCCCCCCCCCCCCCCCCC(CCCCCCCCCCCCCCCC)CCCC[C+]1N=CC=N1. The third-order valence-corrected chi connectivity index (χ3v) is 9.96. The number of hydrogen-bond acceptors (Lipinski definition) is 2. The molecule has 0 aromatic carbocycles. The molecule has 0 fully saturated rings. The van der Waals surface area contributed by atoms with E-state index in [0.29, 0.717) is 0 Å². The van der Waals surface area contributed by atoms with E-state index in [4.69, 9.17) is 0 Å². The summed E-state index contributed by atoms with van der Waals surface area (Å²) in [6.45, 7) is 4.62. The van der Waals surface area contributed by atoms with Gasteiger partial charge in [-0.2, -0.15) is 0 Å². The molecular weight excluding hydrogens is 520 g/mol. The largest absolute Gasteiger partial charge is 0.240 e. The fourth-order valence-electron chi connectivity index (χ4n) is 6.98. The molecule has 1 aliphatic rings. The molecule has 1 unspecified atom stereocenters. The van der Waals surface area contributed by atoms with E-state index >= 15 is 0 Å². The lowest BCUT2D eigenvalue weighted by atomic mass is 9.89. The smallest absolute Gasteiger partial charge is 0.0968 e. The van der Waals surface area contributed by atoms with E-state index in [9.17, 15) is 0 Å². The zero-order valence-electron chi connectivity index (χ0n) is 29.9. The van der Waals surface area contributed by atoms with Gasteiger partial charge >= 0.3 is 0 Å². The van der Waals surface area contributed by atoms with Gasteiger partial charge in [-0.15, -0.1) is 0 Å². The standard InChI is InChI=1S/C41H79N2/c1-3-5-7-9-11-13-15-17-19-21-23-25-27-29-31-35-40(36-32-33-37-41-42-38-39-43-41)34-30-28-26-24-22-20-18-16-14-12-10-8-6-4-2/h38-40H,3-37H2,1-2H3/q+1. The van der Waals surface area contributed by atoms with Crippen molar-refractivity contribution >= 4 is 12.4 Å². The van der Waals surface area contributed by atoms with Gasteiger partial charge in [-0.25, -0.2) is 0 Å². The zero-order chi connectivity index (χ0) is 30.7. The summed E-state index contributed by atoms with van der Waals surface area (Å²) < 4.78 is 0. The van der Waals surface area contributed by atoms with Crippen LogP contribution in [0.4, 0.5) is 0 Å². The summed E-state index contributed by atoms with van der Waals surface area (Å²) >= 11 is 0. The zero-order valence-corrected chi connectivity index (χ0v) is 29.9. The van der Waals surface area contributed by atoms with Gasteiger partial charge in [0.05, 0.1) is 6.42 Å². The summed E-state index contributed by atoms with van der Waals surface area (Å²) in [7, 11) is 0. The molecule has 0 aromatic heterocycles. The average Bonchev–Trinajstić information content (AvgIpc) is 3.54. The van der Waals surface area contributed by atoms with Crippen LogP contribution < -0.4 is 0 Å². The second-order valence-electron chi connectivity index (χ2n) is 14.2. The lowest BCUT2D eigenvalue weighted by molar-refractivity contribution is 0.366. The molecule has 0 aromatic rings. The maximum absolute atomic E-state index is 4.36. The van der Waals surface area contributed by atoms with Crippen LogP contribution in [0.1, 0.15) is 239 Å². The van der Waals surface area contributed by atoms with Gasteiger partial charge < -0.3 is 0 Å². The Bertz CT molecular complexity index is 570. The van der Waals surface area contributed by atoms with Crippen molar-refractivity contribution in [3.63, 3.8) is 0 Å². The van der Waals surface area contributed by atoms with Crippen LogP contribution >= 0.6 is 0 Å². The lowest BCUT2D eigenvalue weighted by Crippen LogP contribution is -2.02. The van der Waals surface area contributed by atoms with Crippen LogP contribution in [0.2, 0.25) is 0 Å². The van der Waals surface area contributed by atoms with Gasteiger partial charge in [0.15, 0.2) is 12.4 Å². The summed E-state index contributed by atoms with van der Waals surface area (Å²) in [4.78, 5) is 8.73. The third kappa shape index (κ3) is 29.7. The van der Waals surface area contributed by atoms with Crippen molar-refractivity contribution in [3.8, 4) is 0 Å². The maximum Gasteiger partial charge on any atom is 0.240 e. The van der Waals surface area contributed by atoms with E-state index in [1.54, 1.807) is 0 Å². The van der Waals surface area contributed by atoms with Crippen LogP contribution in [-0.2, 0) is 0 Å².